The highest BCUT2D eigenvalue weighted by Gasteiger charge is 2.43. The first kappa shape index (κ1) is 29.3. The van der Waals surface area contributed by atoms with E-state index in [1.54, 1.807) is 0 Å². The van der Waals surface area contributed by atoms with Crippen LogP contribution in [0.1, 0.15) is 37.7 Å². The Bertz CT molecular complexity index is 1310. The predicted molar refractivity (Wildman–Crippen MR) is 148 cm³/mol. The first-order valence-corrected chi connectivity index (χ1v) is 15.5. The second-order valence-electron chi connectivity index (χ2n) is 11.0. The van der Waals surface area contributed by atoms with Crippen molar-refractivity contribution in [1.82, 2.24) is 14.9 Å². The minimum Gasteiger partial charge on any atom is -0.508 e. The molecule has 1 aliphatic carbocycles. The molecule has 2 amide bonds. The van der Waals surface area contributed by atoms with Crippen LogP contribution in [0.2, 0.25) is 0 Å². The molecule has 4 N–H and O–H groups in total. The van der Waals surface area contributed by atoms with E-state index in [2.05, 4.69) is 10.6 Å². The van der Waals surface area contributed by atoms with Crippen LogP contribution in [0, 0.1) is 5.92 Å². The van der Waals surface area contributed by atoms with Crippen LogP contribution in [0.15, 0.2) is 59.5 Å². The van der Waals surface area contributed by atoms with Gasteiger partial charge in [-0.1, -0.05) is 30.3 Å². The number of aliphatic hydroxyl groups excluding tert-OH is 1. The molecule has 222 valence electrons. The summed E-state index contributed by atoms with van der Waals surface area (Å²) in [7, 11) is -4.13. The molecule has 2 aromatic rings. The van der Waals surface area contributed by atoms with Gasteiger partial charge in [0.1, 0.15) is 11.9 Å². The van der Waals surface area contributed by atoms with Crippen LogP contribution in [0.5, 0.6) is 5.75 Å². The molecule has 5 rings (SSSR count). The number of phenolic OH excluding ortho intramolecular Hbond substituents is 1. The van der Waals surface area contributed by atoms with Gasteiger partial charge in [0.2, 0.25) is 15.9 Å². The quantitative estimate of drug-likeness (QED) is 0.311. The van der Waals surface area contributed by atoms with Crippen LogP contribution in [0.25, 0.3) is 0 Å². The van der Waals surface area contributed by atoms with Crippen LogP contribution in [-0.4, -0.2) is 85.0 Å². The number of carbonyl (C=O) groups excluding carboxylic acids is 2. The average Bonchev–Trinajstić information content (AvgIpc) is 3.68. The zero-order valence-corrected chi connectivity index (χ0v) is 23.5. The molecule has 1 unspecified atom stereocenters. The number of hydrogen-bond donors (Lipinski definition) is 4. The molecule has 0 bridgehead atoms. The average molecular weight is 588 g/mol. The van der Waals surface area contributed by atoms with Crippen molar-refractivity contribution in [3.8, 4) is 5.75 Å². The molecule has 11 nitrogen and oxygen atoms in total. The summed E-state index contributed by atoms with van der Waals surface area (Å²) in [5.74, 6) is -0.0847. The highest BCUT2D eigenvalue weighted by Crippen LogP contribution is 2.37. The number of nitrogens with one attached hydrogen (secondary N) is 2. The van der Waals surface area contributed by atoms with Gasteiger partial charge in [-0.25, -0.2) is 13.2 Å². The lowest BCUT2D eigenvalue weighted by molar-refractivity contribution is -0.119. The predicted octanol–water partition coefficient (Wildman–Crippen LogP) is 1.93. The van der Waals surface area contributed by atoms with E-state index in [0.717, 1.165) is 22.7 Å². The molecule has 3 fully saturated rings. The minimum atomic E-state index is -4.13. The highest BCUT2D eigenvalue weighted by molar-refractivity contribution is 7.89. The normalized spacial score (nSPS) is 25.5. The fraction of sp³-hybridized carbons (Fsp3) is 0.517. The maximum Gasteiger partial charge on any atom is 0.407 e. The second kappa shape index (κ2) is 12.8. The van der Waals surface area contributed by atoms with Crippen LogP contribution >= 0.6 is 0 Å². The molecule has 2 heterocycles. The molecule has 6 atom stereocenters. The van der Waals surface area contributed by atoms with Crippen LogP contribution in [0.4, 0.5) is 4.79 Å². The van der Waals surface area contributed by atoms with E-state index >= 15 is 0 Å². The maximum atomic E-state index is 13.7. The highest BCUT2D eigenvalue weighted by atomic mass is 32.2. The van der Waals surface area contributed by atoms with Crippen molar-refractivity contribution < 1.29 is 37.7 Å². The molecule has 0 aromatic heterocycles. The third kappa shape index (κ3) is 7.18. The second-order valence-corrected chi connectivity index (χ2v) is 12.9. The van der Waals surface area contributed by atoms with Crippen molar-refractivity contribution in [2.24, 2.45) is 5.92 Å². The van der Waals surface area contributed by atoms with Crippen molar-refractivity contribution in [3.05, 3.63) is 60.2 Å². The molecule has 0 radical (unpaired) electrons. The third-order valence-corrected chi connectivity index (χ3v) is 10.0. The molecule has 2 aromatic carbocycles. The Kier molecular flexibility index (Phi) is 9.12. The molecule has 12 heteroatoms. The number of rotatable bonds is 11. The van der Waals surface area contributed by atoms with Gasteiger partial charge in [-0.2, -0.15) is 4.31 Å². The Morgan fingerprint density at radius 1 is 1.10 bits per heavy atom. The van der Waals surface area contributed by atoms with E-state index < -0.39 is 34.3 Å². The Morgan fingerprint density at radius 3 is 2.56 bits per heavy atom. The lowest BCUT2D eigenvalue weighted by Crippen LogP contribution is -2.52. The summed E-state index contributed by atoms with van der Waals surface area (Å²) in [6, 6.07) is 13.1. The number of sulfonamides is 1. The zero-order chi connectivity index (χ0) is 29.0. The standard InChI is InChI=1S/C29H37N3O8S/c33-21-7-9-22(10-8-21)41(37,38)32(17-20-6-13-28(35)30-20)18-25(34)24(16-19-4-2-1-3-5-19)31-29(36)40-27-12-11-26-23(27)14-15-39-26/h1-5,7-10,20,23-27,33-34H,6,11-18H2,(H,30,35)(H,31,36)/t20-,23+,24-,25+,26+,27?/m0/s1. The van der Waals surface area contributed by atoms with E-state index in [0.29, 0.717) is 25.9 Å². The number of ether oxygens (including phenoxy) is 2. The monoisotopic (exact) mass is 587 g/mol. The SMILES string of the molecule is O=C1CC[C@@H](CN(C[C@@H](O)[C@H](Cc2ccccc2)NC(=O)OC2CC[C@H]3OCC[C@@H]23)S(=O)(=O)c2ccc(O)cc2)N1. The smallest absolute Gasteiger partial charge is 0.407 e. The summed E-state index contributed by atoms with van der Waals surface area (Å²) >= 11 is 0. The first-order valence-electron chi connectivity index (χ1n) is 14.1. The number of phenols is 1. The number of benzene rings is 2. The Morgan fingerprint density at radius 2 is 1.85 bits per heavy atom. The van der Waals surface area contributed by atoms with Gasteiger partial charge >= 0.3 is 6.09 Å². The van der Waals surface area contributed by atoms with E-state index in [9.17, 15) is 28.2 Å². The summed E-state index contributed by atoms with van der Waals surface area (Å²) in [5.41, 5.74) is 0.845. The van der Waals surface area contributed by atoms with E-state index in [-0.39, 0.29) is 54.2 Å². The first-order chi connectivity index (χ1) is 19.7. The van der Waals surface area contributed by atoms with Gasteiger partial charge in [-0.3, -0.25) is 4.79 Å². The summed E-state index contributed by atoms with van der Waals surface area (Å²) in [6.07, 6.45) is 1.23. The van der Waals surface area contributed by atoms with Gasteiger partial charge in [0, 0.05) is 38.1 Å². The summed E-state index contributed by atoms with van der Waals surface area (Å²) in [5, 5.41) is 26.7. The van der Waals surface area contributed by atoms with Gasteiger partial charge in [0.05, 0.1) is 23.1 Å². The lowest BCUT2D eigenvalue weighted by Gasteiger charge is -2.31. The van der Waals surface area contributed by atoms with E-state index in [1.807, 2.05) is 30.3 Å². The Balaban J connectivity index is 1.34. The van der Waals surface area contributed by atoms with Gasteiger partial charge in [-0.05, 0) is 61.9 Å². The number of fused-ring (bicyclic) bond motifs is 1. The Labute approximate surface area is 239 Å². The number of carbonyl (C=O) groups is 2. The van der Waals surface area contributed by atoms with Crippen LogP contribution in [-0.2, 0) is 30.7 Å². The topological polar surface area (TPSA) is 154 Å². The van der Waals surface area contributed by atoms with Crippen LogP contribution in [0.3, 0.4) is 0 Å². The zero-order valence-electron chi connectivity index (χ0n) is 22.7. The summed E-state index contributed by atoms with van der Waals surface area (Å²) in [4.78, 5) is 24.8. The molecule has 2 saturated heterocycles. The van der Waals surface area contributed by atoms with Gasteiger partial charge < -0.3 is 30.3 Å². The number of alkyl carbamates (subject to hydrolysis) is 1. The molecular weight excluding hydrogens is 550 g/mol. The van der Waals surface area contributed by atoms with Crippen molar-refractivity contribution in [2.75, 3.05) is 19.7 Å². The molecule has 1 saturated carbocycles. The summed E-state index contributed by atoms with van der Waals surface area (Å²) < 4.78 is 40.0. The largest absolute Gasteiger partial charge is 0.508 e. The van der Waals surface area contributed by atoms with Crippen molar-refractivity contribution in [3.63, 3.8) is 0 Å². The number of hydrogen-bond acceptors (Lipinski definition) is 8. The molecular formula is C29H37N3O8S. The van der Waals surface area contributed by atoms with Gasteiger partial charge in [-0.15, -0.1) is 0 Å². The van der Waals surface area contributed by atoms with E-state index in [4.69, 9.17) is 9.47 Å². The molecule has 41 heavy (non-hydrogen) atoms. The van der Waals surface area contributed by atoms with E-state index in [1.165, 1.54) is 24.3 Å². The van der Waals surface area contributed by atoms with Gasteiger partial charge in [0.15, 0.2) is 0 Å². The molecule has 0 spiro atoms. The molecule has 3 aliphatic rings. The number of amides is 2. The van der Waals surface area contributed by atoms with Crippen LogP contribution < -0.4 is 10.6 Å². The third-order valence-electron chi connectivity index (χ3n) is 8.17. The van der Waals surface area contributed by atoms with Crippen molar-refractivity contribution in [2.45, 2.75) is 73.8 Å². The summed E-state index contributed by atoms with van der Waals surface area (Å²) in [6.45, 7) is 0.258. The van der Waals surface area contributed by atoms with Crippen molar-refractivity contribution in [1.29, 1.82) is 0 Å². The number of aliphatic hydroxyl groups is 1. The Hall–Kier alpha value is -3.19. The van der Waals surface area contributed by atoms with Crippen molar-refractivity contribution >= 4 is 22.0 Å². The fourth-order valence-corrected chi connectivity index (χ4v) is 7.49. The minimum absolute atomic E-state index is 0.0559. The fourth-order valence-electron chi connectivity index (χ4n) is 5.98. The lowest BCUT2D eigenvalue weighted by atomic mass is 10.0. The maximum absolute atomic E-state index is 13.7. The number of aromatic hydroxyl groups is 1. The molecule has 2 aliphatic heterocycles. The van der Waals surface area contributed by atoms with Gasteiger partial charge in [0.25, 0.3) is 0 Å². The number of nitrogens with zero attached hydrogens (tertiary/aromatic N) is 1.